The molecule has 1 aromatic carbocycles. The average molecular weight is 297 g/mol. The Morgan fingerprint density at radius 2 is 2.20 bits per heavy atom. The van der Waals surface area contributed by atoms with Crippen LogP contribution in [0, 0.1) is 5.92 Å². The van der Waals surface area contributed by atoms with Gasteiger partial charge >= 0.3 is 0 Å². The van der Waals surface area contributed by atoms with Crippen molar-refractivity contribution in [1.29, 1.82) is 0 Å². The lowest BCUT2D eigenvalue weighted by Crippen LogP contribution is -2.19. The van der Waals surface area contributed by atoms with Crippen LogP contribution in [0.1, 0.15) is 25.8 Å². The molecule has 0 bridgehead atoms. The predicted molar refractivity (Wildman–Crippen MR) is 77.6 cm³/mol. The summed E-state index contributed by atoms with van der Waals surface area (Å²) in [5, 5.41) is 4.37. The number of fused-ring (bicyclic) bond motifs is 1. The highest BCUT2D eigenvalue weighted by molar-refractivity contribution is 6.32. The molecular weight excluding hydrogens is 280 g/mol. The van der Waals surface area contributed by atoms with Gasteiger partial charge < -0.3 is 9.47 Å². The highest BCUT2D eigenvalue weighted by atomic mass is 35.5. The maximum absolute atomic E-state index is 11.4. The number of rotatable bonds is 4. The fourth-order valence-corrected chi connectivity index (χ4v) is 2.07. The van der Waals surface area contributed by atoms with Crippen molar-refractivity contribution in [1.82, 2.24) is 5.43 Å². The summed E-state index contributed by atoms with van der Waals surface area (Å²) in [6.07, 6.45) is 1.97. The van der Waals surface area contributed by atoms with Crippen molar-refractivity contribution in [2.24, 2.45) is 11.0 Å². The summed E-state index contributed by atoms with van der Waals surface area (Å²) in [6.45, 7) is 4.94. The summed E-state index contributed by atoms with van der Waals surface area (Å²) < 4.78 is 10.9. The largest absolute Gasteiger partial charge is 0.486 e. The van der Waals surface area contributed by atoms with Crippen LogP contribution in [0.15, 0.2) is 17.2 Å². The van der Waals surface area contributed by atoms with Crippen molar-refractivity contribution < 1.29 is 14.3 Å². The second-order valence-electron chi connectivity index (χ2n) is 4.92. The standard InChI is InChI=1S/C14H17ClN2O3/c1-9(2)5-13(18)17-16-8-10-6-11(15)14-12(7-10)19-3-4-20-14/h6-9H,3-5H2,1-2H3,(H,17,18)/b16-8-. The minimum atomic E-state index is -0.111. The zero-order valence-corrected chi connectivity index (χ0v) is 12.2. The Balaban J connectivity index is 2.03. The molecule has 0 radical (unpaired) electrons. The van der Waals surface area contributed by atoms with Gasteiger partial charge in [0.05, 0.1) is 11.2 Å². The van der Waals surface area contributed by atoms with Gasteiger partial charge in [-0.05, 0) is 23.6 Å². The number of ether oxygens (including phenoxy) is 2. The molecule has 5 nitrogen and oxygen atoms in total. The van der Waals surface area contributed by atoms with E-state index in [1.807, 2.05) is 13.8 Å². The molecule has 0 unspecified atom stereocenters. The molecule has 0 aromatic heterocycles. The van der Waals surface area contributed by atoms with Gasteiger partial charge in [0.2, 0.25) is 5.91 Å². The summed E-state index contributed by atoms with van der Waals surface area (Å²) in [5.41, 5.74) is 3.22. The number of hydrogen-bond acceptors (Lipinski definition) is 4. The molecule has 0 fully saturated rings. The maximum Gasteiger partial charge on any atom is 0.240 e. The highest BCUT2D eigenvalue weighted by Crippen LogP contribution is 2.37. The molecule has 6 heteroatoms. The van der Waals surface area contributed by atoms with Crippen LogP contribution in [0.5, 0.6) is 11.5 Å². The van der Waals surface area contributed by atoms with Gasteiger partial charge in [-0.1, -0.05) is 25.4 Å². The van der Waals surface area contributed by atoms with Crippen LogP contribution in [0.2, 0.25) is 5.02 Å². The van der Waals surface area contributed by atoms with Gasteiger partial charge in [-0.25, -0.2) is 5.43 Å². The first kappa shape index (κ1) is 14.7. The molecule has 0 saturated carbocycles. The number of carbonyl (C=O) groups excluding carboxylic acids is 1. The van der Waals surface area contributed by atoms with Crippen LogP contribution < -0.4 is 14.9 Å². The zero-order chi connectivity index (χ0) is 14.5. The predicted octanol–water partition coefficient (Wildman–Crippen LogP) is 2.61. The van der Waals surface area contributed by atoms with Crippen LogP contribution in [0.4, 0.5) is 0 Å². The van der Waals surface area contributed by atoms with Crippen LogP contribution in [-0.4, -0.2) is 25.3 Å². The molecule has 1 aliphatic heterocycles. The van der Waals surface area contributed by atoms with E-state index in [2.05, 4.69) is 10.5 Å². The van der Waals surface area contributed by atoms with Gasteiger partial charge in [0, 0.05) is 6.42 Å². The summed E-state index contributed by atoms with van der Waals surface area (Å²) in [7, 11) is 0. The third kappa shape index (κ3) is 3.87. The van der Waals surface area contributed by atoms with Gasteiger partial charge in [-0.3, -0.25) is 4.79 Å². The minimum absolute atomic E-state index is 0.111. The summed E-state index contributed by atoms with van der Waals surface area (Å²) >= 11 is 6.10. The molecule has 1 heterocycles. The van der Waals surface area contributed by atoms with Crippen LogP contribution >= 0.6 is 11.6 Å². The third-order valence-electron chi connectivity index (χ3n) is 2.62. The molecule has 0 atom stereocenters. The smallest absolute Gasteiger partial charge is 0.240 e. The van der Waals surface area contributed by atoms with E-state index in [1.54, 1.807) is 12.1 Å². The van der Waals surface area contributed by atoms with E-state index in [4.69, 9.17) is 21.1 Å². The fraction of sp³-hybridized carbons (Fsp3) is 0.429. The normalized spacial score (nSPS) is 13.8. The van der Waals surface area contributed by atoms with Gasteiger partial charge in [-0.15, -0.1) is 0 Å². The van der Waals surface area contributed by atoms with E-state index in [1.165, 1.54) is 6.21 Å². The van der Waals surface area contributed by atoms with E-state index in [0.29, 0.717) is 42.1 Å². The first-order valence-electron chi connectivity index (χ1n) is 6.47. The monoisotopic (exact) mass is 296 g/mol. The number of amides is 1. The lowest BCUT2D eigenvalue weighted by molar-refractivity contribution is -0.121. The van der Waals surface area contributed by atoms with E-state index >= 15 is 0 Å². The molecule has 1 aliphatic rings. The SMILES string of the molecule is CC(C)CC(=O)N/N=C\c1cc(Cl)c2c(c1)OCCO2. The number of halogens is 1. The first-order valence-corrected chi connectivity index (χ1v) is 6.85. The van der Waals surface area contributed by atoms with Crippen molar-refractivity contribution in [2.45, 2.75) is 20.3 Å². The Kier molecular flexibility index (Phi) is 4.84. The van der Waals surface area contributed by atoms with Gasteiger partial charge in [0.1, 0.15) is 13.2 Å². The molecule has 0 spiro atoms. The van der Waals surface area contributed by atoms with Crippen molar-refractivity contribution in [3.05, 3.63) is 22.7 Å². The summed E-state index contributed by atoms with van der Waals surface area (Å²) in [6, 6.07) is 3.49. The minimum Gasteiger partial charge on any atom is -0.486 e. The quantitative estimate of drug-likeness (QED) is 0.686. The van der Waals surface area contributed by atoms with Crippen molar-refractivity contribution in [3.63, 3.8) is 0 Å². The summed E-state index contributed by atoms with van der Waals surface area (Å²) in [5.74, 6) is 1.34. The molecule has 1 amide bonds. The van der Waals surface area contributed by atoms with E-state index in [0.717, 1.165) is 5.56 Å². The Morgan fingerprint density at radius 1 is 1.45 bits per heavy atom. The first-order chi connectivity index (χ1) is 9.56. The number of hydrazone groups is 1. The lowest BCUT2D eigenvalue weighted by Gasteiger charge is -2.19. The lowest BCUT2D eigenvalue weighted by atomic mass is 10.1. The van der Waals surface area contributed by atoms with Gasteiger partial charge in [0.15, 0.2) is 11.5 Å². The summed E-state index contributed by atoms with van der Waals surface area (Å²) in [4.78, 5) is 11.4. The Bertz CT molecular complexity index is 529. The molecule has 108 valence electrons. The fourth-order valence-electron chi connectivity index (χ4n) is 1.80. The molecular formula is C14H17ClN2O3. The van der Waals surface area contributed by atoms with Crippen molar-refractivity contribution in [3.8, 4) is 11.5 Å². The molecule has 20 heavy (non-hydrogen) atoms. The molecule has 2 rings (SSSR count). The second kappa shape index (κ2) is 6.61. The van der Waals surface area contributed by atoms with Gasteiger partial charge in [0.25, 0.3) is 0 Å². The number of benzene rings is 1. The van der Waals surface area contributed by atoms with Crippen LogP contribution in [-0.2, 0) is 4.79 Å². The molecule has 1 N–H and O–H groups in total. The van der Waals surface area contributed by atoms with E-state index in [-0.39, 0.29) is 5.91 Å². The molecule has 0 saturated heterocycles. The topological polar surface area (TPSA) is 59.9 Å². The van der Waals surface area contributed by atoms with Gasteiger partial charge in [-0.2, -0.15) is 5.10 Å². The van der Waals surface area contributed by atoms with E-state index in [9.17, 15) is 4.79 Å². The highest BCUT2D eigenvalue weighted by Gasteiger charge is 2.16. The number of nitrogens with one attached hydrogen (secondary N) is 1. The van der Waals surface area contributed by atoms with Crippen molar-refractivity contribution >= 4 is 23.7 Å². The maximum atomic E-state index is 11.4. The van der Waals surface area contributed by atoms with E-state index < -0.39 is 0 Å². The number of nitrogens with zero attached hydrogens (tertiary/aromatic N) is 1. The Hall–Kier alpha value is -1.75. The second-order valence-corrected chi connectivity index (χ2v) is 5.33. The molecule has 1 aromatic rings. The number of hydrogen-bond donors (Lipinski definition) is 1. The average Bonchev–Trinajstić information content (AvgIpc) is 2.38. The Labute approximate surface area is 122 Å². The molecule has 0 aliphatic carbocycles. The number of carbonyl (C=O) groups is 1. The Morgan fingerprint density at radius 3 is 2.95 bits per heavy atom. The van der Waals surface area contributed by atoms with Crippen LogP contribution in [0.3, 0.4) is 0 Å². The zero-order valence-electron chi connectivity index (χ0n) is 11.5. The third-order valence-corrected chi connectivity index (χ3v) is 2.90. The van der Waals surface area contributed by atoms with Crippen molar-refractivity contribution in [2.75, 3.05) is 13.2 Å². The van der Waals surface area contributed by atoms with Crippen LogP contribution in [0.25, 0.3) is 0 Å².